The van der Waals surface area contributed by atoms with Crippen molar-refractivity contribution in [1.82, 2.24) is 19.9 Å². The van der Waals surface area contributed by atoms with Crippen LogP contribution in [0.1, 0.15) is 16.1 Å². The van der Waals surface area contributed by atoms with Crippen molar-refractivity contribution < 1.29 is 0 Å². The Morgan fingerprint density at radius 3 is 2.91 bits per heavy atom. The summed E-state index contributed by atoms with van der Waals surface area (Å²) in [7, 11) is 0. The van der Waals surface area contributed by atoms with Gasteiger partial charge in [-0.3, -0.25) is 9.88 Å². The highest BCUT2D eigenvalue weighted by molar-refractivity contribution is 9.10. The summed E-state index contributed by atoms with van der Waals surface area (Å²) in [5.74, 6) is 0.793. The van der Waals surface area contributed by atoms with Crippen molar-refractivity contribution in [3.05, 3.63) is 62.8 Å². The highest BCUT2D eigenvalue weighted by atomic mass is 79.9. The van der Waals surface area contributed by atoms with Gasteiger partial charge in [-0.15, -0.1) is 11.3 Å². The molecule has 0 atom stereocenters. The molecule has 116 valence electrons. The van der Waals surface area contributed by atoms with Gasteiger partial charge in [0, 0.05) is 70.5 Å². The molecular weight excluding hydrogens is 372 g/mol. The largest absolute Gasteiger partial charge is 0.293 e. The Labute approximate surface area is 147 Å². The maximum atomic E-state index is 4.76. The maximum absolute atomic E-state index is 4.76. The van der Waals surface area contributed by atoms with Gasteiger partial charge in [0.2, 0.25) is 0 Å². The minimum Gasteiger partial charge on any atom is -0.293 e. The zero-order valence-electron chi connectivity index (χ0n) is 12.4. The first-order chi connectivity index (χ1) is 11.3. The number of nitrogens with zero attached hydrogens (tertiary/aromatic N) is 4. The average Bonchev–Trinajstić information content (AvgIpc) is 3.00. The molecule has 0 saturated heterocycles. The Morgan fingerprint density at radius 2 is 2.13 bits per heavy atom. The summed E-state index contributed by atoms with van der Waals surface area (Å²) in [4.78, 5) is 17.2. The first-order valence-corrected chi connectivity index (χ1v) is 9.15. The molecule has 0 aliphatic carbocycles. The summed E-state index contributed by atoms with van der Waals surface area (Å²) in [6.07, 6.45) is 6.51. The molecule has 23 heavy (non-hydrogen) atoms. The predicted octanol–water partition coefficient (Wildman–Crippen LogP) is 3.92. The van der Waals surface area contributed by atoms with Gasteiger partial charge in [0.05, 0.1) is 5.69 Å². The molecule has 3 aromatic heterocycles. The molecule has 0 N–H and O–H groups in total. The van der Waals surface area contributed by atoms with Crippen molar-refractivity contribution >= 4 is 27.3 Å². The van der Waals surface area contributed by atoms with E-state index in [1.807, 2.05) is 18.3 Å². The van der Waals surface area contributed by atoms with E-state index in [1.54, 1.807) is 23.7 Å². The number of hydrogen-bond acceptors (Lipinski definition) is 5. The van der Waals surface area contributed by atoms with E-state index in [-0.39, 0.29) is 0 Å². The Balaban J connectivity index is 1.52. The first-order valence-electron chi connectivity index (χ1n) is 7.48. The molecule has 0 aromatic carbocycles. The highest BCUT2D eigenvalue weighted by Gasteiger charge is 2.19. The second-order valence-corrected chi connectivity index (χ2v) is 7.50. The summed E-state index contributed by atoms with van der Waals surface area (Å²) in [6, 6.07) is 6.10. The Morgan fingerprint density at radius 1 is 1.26 bits per heavy atom. The third-order valence-corrected chi connectivity index (χ3v) is 5.64. The van der Waals surface area contributed by atoms with Crippen molar-refractivity contribution in [1.29, 1.82) is 0 Å². The fourth-order valence-corrected chi connectivity index (χ4v) is 4.30. The predicted molar refractivity (Wildman–Crippen MR) is 95.1 cm³/mol. The normalized spacial score (nSPS) is 14.7. The lowest BCUT2D eigenvalue weighted by atomic mass is 10.1. The number of aromatic nitrogens is 3. The molecular formula is C17H15BrN4S. The van der Waals surface area contributed by atoms with E-state index in [4.69, 9.17) is 4.98 Å². The SMILES string of the molecule is Brc1csc(CN2CCc3nc(-c4ccncc4)ncc3C2)c1. The van der Waals surface area contributed by atoms with Crippen molar-refractivity contribution in [2.24, 2.45) is 0 Å². The molecule has 0 amide bonds. The minimum absolute atomic E-state index is 0.793. The Bertz CT molecular complexity index is 818. The van der Waals surface area contributed by atoms with Crippen LogP contribution in [0.3, 0.4) is 0 Å². The van der Waals surface area contributed by atoms with Crippen LogP contribution in [0.4, 0.5) is 0 Å². The zero-order valence-corrected chi connectivity index (χ0v) is 14.8. The number of rotatable bonds is 3. The van der Waals surface area contributed by atoms with E-state index in [2.05, 4.69) is 42.2 Å². The molecule has 0 fully saturated rings. The summed E-state index contributed by atoms with van der Waals surface area (Å²) >= 11 is 5.32. The molecule has 4 rings (SSSR count). The third kappa shape index (κ3) is 3.34. The summed E-state index contributed by atoms with van der Waals surface area (Å²) in [6.45, 7) is 2.94. The average molecular weight is 387 g/mol. The van der Waals surface area contributed by atoms with Crippen LogP contribution in [0, 0.1) is 0 Å². The number of halogens is 1. The Kier molecular flexibility index (Phi) is 4.20. The van der Waals surface area contributed by atoms with Crippen LogP contribution in [-0.2, 0) is 19.5 Å². The number of hydrogen-bond donors (Lipinski definition) is 0. The van der Waals surface area contributed by atoms with Crippen LogP contribution in [-0.4, -0.2) is 26.4 Å². The smallest absolute Gasteiger partial charge is 0.159 e. The van der Waals surface area contributed by atoms with Crippen LogP contribution in [0.2, 0.25) is 0 Å². The molecule has 1 aliphatic heterocycles. The van der Waals surface area contributed by atoms with Gasteiger partial charge in [-0.1, -0.05) is 0 Å². The summed E-state index contributed by atoms with van der Waals surface area (Å²) in [5.41, 5.74) is 3.44. The van der Waals surface area contributed by atoms with Crippen LogP contribution in [0.25, 0.3) is 11.4 Å². The van der Waals surface area contributed by atoms with E-state index in [0.29, 0.717) is 0 Å². The van der Waals surface area contributed by atoms with Crippen LogP contribution in [0.15, 0.2) is 46.6 Å². The van der Waals surface area contributed by atoms with Crippen molar-refractivity contribution in [3.8, 4) is 11.4 Å². The third-order valence-electron chi connectivity index (χ3n) is 3.95. The van der Waals surface area contributed by atoms with Gasteiger partial charge in [0.25, 0.3) is 0 Å². The fraction of sp³-hybridized carbons (Fsp3) is 0.235. The molecule has 0 radical (unpaired) electrons. The lowest BCUT2D eigenvalue weighted by molar-refractivity contribution is 0.245. The van der Waals surface area contributed by atoms with Gasteiger partial charge >= 0.3 is 0 Å². The second kappa shape index (κ2) is 6.47. The standard InChI is InChI=1S/C17H15BrN4S/c18-14-7-15(23-11-14)10-22-6-3-16-13(9-22)8-20-17(21-16)12-1-4-19-5-2-12/h1-2,4-5,7-8,11H,3,6,9-10H2. The van der Waals surface area contributed by atoms with Gasteiger partial charge < -0.3 is 0 Å². The molecule has 0 bridgehead atoms. The number of thiophene rings is 1. The topological polar surface area (TPSA) is 41.9 Å². The molecule has 3 aromatic rings. The minimum atomic E-state index is 0.793. The monoisotopic (exact) mass is 386 g/mol. The van der Waals surface area contributed by atoms with E-state index in [0.717, 1.165) is 37.4 Å². The van der Waals surface area contributed by atoms with Gasteiger partial charge in [-0.25, -0.2) is 9.97 Å². The van der Waals surface area contributed by atoms with E-state index < -0.39 is 0 Å². The van der Waals surface area contributed by atoms with Crippen LogP contribution < -0.4 is 0 Å². The molecule has 6 heteroatoms. The lowest BCUT2D eigenvalue weighted by Crippen LogP contribution is -2.30. The van der Waals surface area contributed by atoms with Gasteiger partial charge in [-0.2, -0.15) is 0 Å². The fourth-order valence-electron chi connectivity index (χ4n) is 2.81. The van der Waals surface area contributed by atoms with Gasteiger partial charge in [-0.05, 0) is 34.1 Å². The zero-order chi connectivity index (χ0) is 15.6. The van der Waals surface area contributed by atoms with E-state index >= 15 is 0 Å². The lowest BCUT2D eigenvalue weighted by Gasteiger charge is -2.27. The number of pyridine rings is 1. The molecule has 4 nitrogen and oxygen atoms in total. The summed E-state index contributed by atoms with van der Waals surface area (Å²) in [5, 5.41) is 2.14. The molecule has 4 heterocycles. The van der Waals surface area contributed by atoms with Crippen molar-refractivity contribution in [2.75, 3.05) is 6.54 Å². The van der Waals surface area contributed by atoms with Crippen molar-refractivity contribution in [3.63, 3.8) is 0 Å². The maximum Gasteiger partial charge on any atom is 0.159 e. The van der Waals surface area contributed by atoms with E-state index in [1.165, 1.54) is 20.6 Å². The molecule has 0 unspecified atom stereocenters. The quantitative estimate of drug-likeness (QED) is 0.683. The molecule has 1 aliphatic rings. The van der Waals surface area contributed by atoms with Crippen molar-refractivity contribution in [2.45, 2.75) is 19.5 Å². The molecule has 0 saturated carbocycles. The van der Waals surface area contributed by atoms with Crippen LogP contribution >= 0.6 is 27.3 Å². The number of fused-ring (bicyclic) bond motifs is 1. The van der Waals surface area contributed by atoms with E-state index in [9.17, 15) is 0 Å². The Hall–Kier alpha value is -1.63. The van der Waals surface area contributed by atoms with Gasteiger partial charge in [0.15, 0.2) is 5.82 Å². The second-order valence-electron chi connectivity index (χ2n) is 5.59. The van der Waals surface area contributed by atoms with Gasteiger partial charge in [0.1, 0.15) is 0 Å². The summed E-state index contributed by atoms with van der Waals surface area (Å²) < 4.78 is 1.17. The molecule has 0 spiro atoms. The highest BCUT2D eigenvalue weighted by Crippen LogP contribution is 2.25. The van der Waals surface area contributed by atoms with Crippen LogP contribution in [0.5, 0.6) is 0 Å². The first kappa shape index (κ1) is 14.9.